The molecule has 0 radical (unpaired) electrons. The van der Waals surface area contributed by atoms with Crippen molar-refractivity contribution >= 4 is 0 Å². The van der Waals surface area contributed by atoms with E-state index in [1.807, 2.05) is 0 Å². The molecular formula is C8H13N. The third kappa shape index (κ3) is 2.07. The van der Waals surface area contributed by atoms with Crippen molar-refractivity contribution < 1.29 is 0 Å². The van der Waals surface area contributed by atoms with Gasteiger partial charge in [0.25, 0.3) is 0 Å². The van der Waals surface area contributed by atoms with Crippen LogP contribution in [-0.4, -0.2) is 13.1 Å². The molecule has 0 aromatic carbocycles. The molecule has 0 spiro atoms. The van der Waals surface area contributed by atoms with Crippen LogP contribution in [0.15, 0.2) is 0 Å². The molecule has 0 aliphatic carbocycles. The molecule has 1 aliphatic heterocycles. The van der Waals surface area contributed by atoms with Gasteiger partial charge in [0.2, 0.25) is 0 Å². The van der Waals surface area contributed by atoms with Gasteiger partial charge in [-0.3, -0.25) is 0 Å². The normalized spacial score (nSPS) is 28.6. The van der Waals surface area contributed by atoms with E-state index in [1.165, 1.54) is 12.8 Å². The van der Waals surface area contributed by atoms with E-state index in [0.29, 0.717) is 5.92 Å². The van der Waals surface area contributed by atoms with Crippen LogP contribution in [0.4, 0.5) is 0 Å². The quantitative estimate of drug-likeness (QED) is 0.474. The summed E-state index contributed by atoms with van der Waals surface area (Å²) in [5.74, 6) is 3.35. The molecule has 0 aromatic heterocycles. The molecule has 1 saturated heterocycles. The molecule has 1 rings (SSSR count). The Morgan fingerprint density at radius 2 is 2.22 bits per heavy atom. The molecule has 0 saturated carbocycles. The SMILES string of the molecule is C#C[C@H]1CCCNCC1. The zero-order valence-electron chi connectivity index (χ0n) is 5.69. The van der Waals surface area contributed by atoms with Crippen LogP contribution in [0.5, 0.6) is 0 Å². The van der Waals surface area contributed by atoms with Gasteiger partial charge in [-0.15, -0.1) is 12.3 Å². The highest BCUT2D eigenvalue weighted by atomic mass is 14.8. The minimum absolute atomic E-state index is 0.542. The lowest BCUT2D eigenvalue weighted by Crippen LogP contribution is -2.13. The number of nitrogens with one attached hydrogen (secondary N) is 1. The van der Waals surface area contributed by atoms with Crippen LogP contribution in [0.25, 0.3) is 0 Å². The summed E-state index contributed by atoms with van der Waals surface area (Å²) in [6.45, 7) is 2.26. The number of hydrogen-bond donors (Lipinski definition) is 1. The third-order valence-corrected chi connectivity index (χ3v) is 1.81. The van der Waals surface area contributed by atoms with Crippen LogP contribution in [0.3, 0.4) is 0 Å². The van der Waals surface area contributed by atoms with E-state index in [9.17, 15) is 0 Å². The van der Waals surface area contributed by atoms with Gasteiger partial charge in [0, 0.05) is 5.92 Å². The molecule has 0 unspecified atom stereocenters. The van der Waals surface area contributed by atoms with Gasteiger partial charge in [0.1, 0.15) is 0 Å². The predicted molar refractivity (Wildman–Crippen MR) is 39.0 cm³/mol. The van der Waals surface area contributed by atoms with Gasteiger partial charge in [0.05, 0.1) is 0 Å². The Hall–Kier alpha value is -0.480. The minimum atomic E-state index is 0.542. The number of terminal acetylenes is 1. The van der Waals surface area contributed by atoms with Gasteiger partial charge in [-0.05, 0) is 32.4 Å². The van der Waals surface area contributed by atoms with E-state index in [0.717, 1.165) is 19.5 Å². The van der Waals surface area contributed by atoms with Gasteiger partial charge in [0.15, 0.2) is 0 Å². The van der Waals surface area contributed by atoms with E-state index >= 15 is 0 Å². The summed E-state index contributed by atoms with van der Waals surface area (Å²) in [4.78, 5) is 0. The molecular weight excluding hydrogens is 110 g/mol. The van der Waals surface area contributed by atoms with Crippen molar-refractivity contribution in [1.82, 2.24) is 5.32 Å². The second kappa shape index (κ2) is 3.53. The summed E-state index contributed by atoms with van der Waals surface area (Å²) in [6, 6.07) is 0. The highest BCUT2D eigenvalue weighted by Gasteiger charge is 2.06. The van der Waals surface area contributed by atoms with Gasteiger partial charge < -0.3 is 5.32 Å². The van der Waals surface area contributed by atoms with E-state index in [1.54, 1.807) is 0 Å². The van der Waals surface area contributed by atoms with Crippen molar-refractivity contribution in [3.63, 3.8) is 0 Å². The van der Waals surface area contributed by atoms with Crippen molar-refractivity contribution in [3.8, 4) is 12.3 Å². The number of rotatable bonds is 0. The lowest BCUT2D eigenvalue weighted by atomic mass is 10.0. The Morgan fingerprint density at radius 3 is 3.00 bits per heavy atom. The van der Waals surface area contributed by atoms with Crippen LogP contribution in [0, 0.1) is 18.3 Å². The standard InChI is InChI=1S/C8H13N/c1-2-8-4-3-6-9-7-5-8/h1,8-9H,3-7H2/t8-/m0/s1. The molecule has 1 aliphatic rings. The first-order valence-electron chi connectivity index (χ1n) is 3.60. The zero-order valence-corrected chi connectivity index (χ0v) is 5.69. The highest BCUT2D eigenvalue weighted by molar-refractivity contribution is 4.93. The van der Waals surface area contributed by atoms with Gasteiger partial charge >= 0.3 is 0 Å². The molecule has 0 bridgehead atoms. The van der Waals surface area contributed by atoms with Crippen LogP contribution in [-0.2, 0) is 0 Å². The van der Waals surface area contributed by atoms with Crippen molar-refractivity contribution in [2.24, 2.45) is 5.92 Å². The maximum absolute atomic E-state index is 5.29. The summed E-state index contributed by atoms with van der Waals surface area (Å²) in [5, 5.41) is 3.32. The van der Waals surface area contributed by atoms with Crippen LogP contribution in [0.1, 0.15) is 19.3 Å². The molecule has 1 fully saturated rings. The molecule has 1 nitrogen and oxygen atoms in total. The molecule has 1 heterocycles. The third-order valence-electron chi connectivity index (χ3n) is 1.81. The average Bonchev–Trinajstić information content (AvgIpc) is 2.13. The van der Waals surface area contributed by atoms with E-state index in [2.05, 4.69) is 11.2 Å². The molecule has 1 atom stereocenters. The first-order valence-corrected chi connectivity index (χ1v) is 3.60. The molecule has 9 heavy (non-hydrogen) atoms. The Labute approximate surface area is 56.8 Å². The second-order valence-electron chi connectivity index (χ2n) is 2.54. The van der Waals surface area contributed by atoms with Crippen molar-refractivity contribution in [2.75, 3.05) is 13.1 Å². The highest BCUT2D eigenvalue weighted by Crippen LogP contribution is 2.10. The van der Waals surface area contributed by atoms with Crippen molar-refractivity contribution in [1.29, 1.82) is 0 Å². The van der Waals surface area contributed by atoms with E-state index < -0.39 is 0 Å². The predicted octanol–water partition coefficient (Wildman–Crippen LogP) is 1.01. The largest absolute Gasteiger partial charge is 0.317 e. The summed E-state index contributed by atoms with van der Waals surface area (Å²) >= 11 is 0. The van der Waals surface area contributed by atoms with Crippen LogP contribution in [0.2, 0.25) is 0 Å². The topological polar surface area (TPSA) is 12.0 Å². The van der Waals surface area contributed by atoms with Gasteiger partial charge in [-0.1, -0.05) is 0 Å². The Balaban J connectivity index is 2.29. The molecule has 0 amide bonds. The Bertz CT molecular complexity index is 104. The van der Waals surface area contributed by atoms with E-state index in [4.69, 9.17) is 6.42 Å². The fourth-order valence-electron chi connectivity index (χ4n) is 1.19. The van der Waals surface area contributed by atoms with Crippen molar-refractivity contribution in [3.05, 3.63) is 0 Å². The molecule has 50 valence electrons. The van der Waals surface area contributed by atoms with Crippen LogP contribution < -0.4 is 5.32 Å². The monoisotopic (exact) mass is 123 g/mol. The lowest BCUT2D eigenvalue weighted by molar-refractivity contribution is 0.595. The Morgan fingerprint density at radius 1 is 1.33 bits per heavy atom. The second-order valence-corrected chi connectivity index (χ2v) is 2.54. The summed E-state index contributed by atoms with van der Waals surface area (Å²) < 4.78 is 0. The molecule has 1 N–H and O–H groups in total. The van der Waals surface area contributed by atoms with Crippen LogP contribution >= 0.6 is 0 Å². The van der Waals surface area contributed by atoms with Crippen molar-refractivity contribution in [2.45, 2.75) is 19.3 Å². The summed E-state index contributed by atoms with van der Waals surface area (Å²) in [7, 11) is 0. The molecule has 1 heteroatoms. The fraction of sp³-hybridized carbons (Fsp3) is 0.750. The minimum Gasteiger partial charge on any atom is -0.317 e. The maximum atomic E-state index is 5.29. The molecule has 0 aromatic rings. The van der Waals surface area contributed by atoms with Gasteiger partial charge in [-0.25, -0.2) is 0 Å². The number of hydrogen-bond acceptors (Lipinski definition) is 1. The Kier molecular flexibility index (Phi) is 2.60. The fourth-order valence-corrected chi connectivity index (χ4v) is 1.19. The lowest BCUT2D eigenvalue weighted by Gasteiger charge is -2.01. The first-order chi connectivity index (χ1) is 4.43. The first kappa shape index (κ1) is 6.64. The zero-order chi connectivity index (χ0) is 6.53. The average molecular weight is 123 g/mol. The smallest absolute Gasteiger partial charge is 0.0212 e. The van der Waals surface area contributed by atoms with Gasteiger partial charge in [-0.2, -0.15) is 0 Å². The summed E-state index contributed by atoms with van der Waals surface area (Å²) in [5.41, 5.74) is 0. The maximum Gasteiger partial charge on any atom is 0.0212 e. The summed E-state index contributed by atoms with van der Waals surface area (Å²) in [6.07, 6.45) is 8.91. The van der Waals surface area contributed by atoms with E-state index in [-0.39, 0.29) is 0 Å².